The Morgan fingerprint density at radius 3 is 2.50 bits per heavy atom. The molecule has 3 rings (SSSR count). The number of rotatable bonds is 1. The van der Waals surface area contributed by atoms with Crippen LogP contribution in [-0.2, 0) is 0 Å². The van der Waals surface area contributed by atoms with Crippen LogP contribution in [-0.4, -0.2) is 4.92 Å². The molecule has 0 N–H and O–H groups in total. The molecule has 60 valence electrons. The molecule has 1 aromatic rings. The van der Waals surface area contributed by atoms with E-state index in [4.69, 9.17) is 0 Å². The molecule has 0 radical (unpaired) electrons. The molecule has 3 heteroatoms. The maximum absolute atomic E-state index is 10.6. The molecule has 0 saturated heterocycles. The third-order valence-corrected chi connectivity index (χ3v) is 1.98. The Hall–Kier alpha value is -1.64. The Morgan fingerprint density at radius 1 is 1.25 bits per heavy atom. The van der Waals surface area contributed by atoms with Crippen molar-refractivity contribution >= 4 is 6.08 Å². The molecule has 0 aliphatic heterocycles. The molecule has 0 aromatic heterocycles. The minimum atomic E-state index is -0.669. The zero-order chi connectivity index (χ0) is 8.55. The Balaban J connectivity index is 2.52. The molecule has 2 aliphatic carbocycles. The molecule has 1 atom stereocenters. The number of fused-ring (bicyclic) bond motifs is 3. The van der Waals surface area contributed by atoms with Gasteiger partial charge in [0, 0.05) is 10.5 Å². The fourth-order valence-electron chi connectivity index (χ4n) is 1.31. The van der Waals surface area contributed by atoms with E-state index in [1.165, 1.54) is 0 Å². The Kier molecular flexibility index (Phi) is 1.43. The Labute approximate surface area is 69.5 Å². The van der Waals surface area contributed by atoms with Gasteiger partial charge in [0.1, 0.15) is 0 Å². The first-order chi connectivity index (χ1) is 5.77. The second-order valence-corrected chi connectivity index (χ2v) is 2.76. The van der Waals surface area contributed by atoms with Crippen molar-refractivity contribution in [3.8, 4) is 0 Å². The van der Waals surface area contributed by atoms with Crippen molar-refractivity contribution in [3.63, 3.8) is 0 Å². The molecule has 0 heterocycles. The Bertz CT molecular complexity index is 340. The molecule has 1 aromatic carbocycles. The highest BCUT2D eigenvalue weighted by atomic mass is 16.6. The lowest BCUT2D eigenvalue weighted by Gasteiger charge is -2.01. The highest BCUT2D eigenvalue weighted by Gasteiger charge is 2.20. The zero-order valence-electron chi connectivity index (χ0n) is 6.31. The Morgan fingerprint density at radius 2 is 1.92 bits per heavy atom. The van der Waals surface area contributed by atoms with Gasteiger partial charge in [-0.1, -0.05) is 30.3 Å². The van der Waals surface area contributed by atoms with Crippen molar-refractivity contribution in [1.82, 2.24) is 0 Å². The van der Waals surface area contributed by atoms with Crippen LogP contribution in [0.1, 0.15) is 17.2 Å². The van der Waals surface area contributed by atoms with E-state index in [1.54, 1.807) is 24.3 Å². The summed E-state index contributed by atoms with van der Waals surface area (Å²) in [6.07, 6.45) is 3.39. The number of benzene rings is 1. The van der Waals surface area contributed by atoms with Crippen molar-refractivity contribution in [2.45, 2.75) is 6.04 Å². The molecule has 0 spiro atoms. The number of nitro groups is 1. The average Bonchev–Trinajstić information content (AvgIpc) is 2.36. The smallest absolute Gasteiger partial charge is 0.256 e. The topological polar surface area (TPSA) is 43.1 Å². The first kappa shape index (κ1) is 7.03. The zero-order valence-corrected chi connectivity index (χ0v) is 6.31. The van der Waals surface area contributed by atoms with Crippen LogP contribution in [0.5, 0.6) is 0 Å². The highest BCUT2D eigenvalue weighted by molar-refractivity contribution is 5.54. The summed E-state index contributed by atoms with van der Waals surface area (Å²) in [6, 6.07) is 6.69. The van der Waals surface area contributed by atoms with Crippen molar-refractivity contribution < 1.29 is 4.92 Å². The average molecular weight is 161 g/mol. The summed E-state index contributed by atoms with van der Waals surface area (Å²) in [5.74, 6) is 0. The van der Waals surface area contributed by atoms with Crippen molar-refractivity contribution in [3.05, 3.63) is 51.6 Å². The lowest BCUT2D eigenvalue weighted by Crippen LogP contribution is -2.05. The van der Waals surface area contributed by atoms with Gasteiger partial charge in [-0.2, -0.15) is 0 Å². The number of hydrogen-bond acceptors (Lipinski definition) is 2. The molecule has 1 unspecified atom stereocenters. The fourth-order valence-corrected chi connectivity index (χ4v) is 1.31. The summed E-state index contributed by atoms with van der Waals surface area (Å²) >= 11 is 0. The van der Waals surface area contributed by atoms with E-state index in [0.717, 1.165) is 11.1 Å². The molecule has 2 aliphatic rings. The van der Waals surface area contributed by atoms with Crippen molar-refractivity contribution in [1.29, 1.82) is 0 Å². The summed E-state index contributed by atoms with van der Waals surface area (Å²) in [5, 5.41) is 10.6. The summed E-state index contributed by atoms with van der Waals surface area (Å²) in [4.78, 5) is 10.3. The largest absolute Gasteiger partial charge is 0.264 e. The van der Waals surface area contributed by atoms with Gasteiger partial charge in [0.15, 0.2) is 0 Å². The SMILES string of the molecule is O=[N+]([O-])C1C=Cc2ccc1cc2. The lowest BCUT2D eigenvalue weighted by molar-refractivity contribution is -0.515. The van der Waals surface area contributed by atoms with Crippen LogP contribution in [0.3, 0.4) is 0 Å². The minimum absolute atomic E-state index is 0.283. The van der Waals surface area contributed by atoms with Crippen LogP contribution in [0.25, 0.3) is 6.08 Å². The second-order valence-electron chi connectivity index (χ2n) is 2.76. The third kappa shape index (κ3) is 0.993. The van der Waals surface area contributed by atoms with Crippen LogP contribution in [0.2, 0.25) is 0 Å². The molecule has 0 saturated carbocycles. The summed E-state index contributed by atoms with van der Waals surface area (Å²) in [5.41, 5.74) is 1.76. The first-order valence-corrected chi connectivity index (χ1v) is 3.69. The summed E-state index contributed by atoms with van der Waals surface area (Å²) < 4.78 is 0. The van der Waals surface area contributed by atoms with Gasteiger partial charge in [-0.25, -0.2) is 0 Å². The number of hydrogen-bond donors (Lipinski definition) is 0. The van der Waals surface area contributed by atoms with Gasteiger partial charge in [-0.3, -0.25) is 10.1 Å². The molecule has 2 bridgehead atoms. The van der Waals surface area contributed by atoms with E-state index in [-0.39, 0.29) is 4.92 Å². The lowest BCUT2D eigenvalue weighted by atomic mass is 10.1. The molecule has 0 fully saturated rings. The van der Waals surface area contributed by atoms with Gasteiger partial charge in [-0.05, 0) is 11.6 Å². The van der Waals surface area contributed by atoms with Crippen molar-refractivity contribution in [2.75, 3.05) is 0 Å². The molecule has 12 heavy (non-hydrogen) atoms. The van der Waals surface area contributed by atoms with Crippen LogP contribution >= 0.6 is 0 Å². The van der Waals surface area contributed by atoms with Crippen LogP contribution < -0.4 is 0 Å². The normalized spacial score (nSPS) is 19.2. The van der Waals surface area contributed by atoms with Gasteiger partial charge >= 0.3 is 0 Å². The van der Waals surface area contributed by atoms with Crippen LogP contribution in [0, 0.1) is 10.1 Å². The first-order valence-electron chi connectivity index (χ1n) is 3.69. The second kappa shape index (κ2) is 2.44. The van der Waals surface area contributed by atoms with E-state index < -0.39 is 6.04 Å². The predicted molar refractivity (Wildman–Crippen MR) is 45.2 cm³/mol. The molecular weight excluding hydrogens is 154 g/mol. The molecule has 3 nitrogen and oxygen atoms in total. The fraction of sp³-hybridized carbons (Fsp3) is 0.111. The standard InChI is InChI=1S/C9H7NO2/c11-10(12)9-6-3-7-1-4-8(9)5-2-7/h1-6,9H. The highest BCUT2D eigenvalue weighted by Crippen LogP contribution is 2.23. The van der Waals surface area contributed by atoms with E-state index in [0.29, 0.717) is 0 Å². The molecule has 0 amide bonds. The maximum atomic E-state index is 10.6. The van der Waals surface area contributed by atoms with Crippen LogP contribution in [0.4, 0.5) is 0 Å². The van der Waals surface area contributed by atoms with E-state index >= 15 is 0 Å². The van der Waals surface area contributed by atoms with Crippen LogP contribution in [0.15, 0.2) is 30.3 Å². The third-order valence-electron chi connectivity index (χ3n) is 1.98. The van der Waals surface area contributed by atoms with E-state index in [2.05, 4.69) is 0 Å². The predicted octanol–water partition coefficient (Wildman–Crippen LogP) is 2.03. The van der Waals surface area contributed by atoms with E-state index in [1.807, 2.05) is 12.1 Å². The van der Waals surface area contributed by atoms with Gasteiger partial charge < -0.3 is 0 Å². The maximum Gasteiger partial charge on any atom is 0.256 e. The summed E-state index contributed by atoms with van der Waals surface area (Å²) in [7, 11) is 0. The minimum Gasteiger partial charge on any atom is -0.264 e. The van der Waals surface area contributed by atoms with Gasteiger partial charge in [-0.15, -0.1) is 0 Å². The molecular formula is C9H7NO2. The van der Waals surface area contributed by atoms with E-state index in [9.17, 15) is 10.1 Å². The monoisotopic (exact) mass is 161 g/mol. The number of nitrogens with zero attached hydrogens (tertiary/aromatic N) is 1. The quantitative estimate of drug-likeness (QED) is 0.467. The van der Waals surface area contributed by atoms with Gasteiger partial charge in [0.2, 0.25) is 0 Å². The van der Waals surface area contributed by atoms with Gasteiger partial charge in [0.05, 0.1) is 0 Å². The summed E-state index contributed by atoms with van der Waals surface area (Å²) in [6.45, 7) is 0. The van der Waals surface area contributed by atoms with Crippen molar-refractivity contribution in [2.24, 2.45) is 0 Å². The van der Waals surface area contributed by atoms with Gasteiger partial charge in [0.25, 0.3) is 6.04 Å².